The van der Waals surface area contributed by atoms with Crippen LogP contribution < -0.4 is 0 Å². The van der Waals surface area contributed by atoms with Gasteiger partial charge in [-0.1, -0.05) is 0 Å². The Labute approximate surface area is 102 Å². The molecule has 0 aliphatic heterocycles. The molecule has 0 bridgehead atoms. The highest BCUT2D eigenvalue weighted by molar-refractivity contribution is 7.80. The van der Waals surface area contributed by atoms with Gasteiger partial charge >= 0.3 is 0 Å². The second-order valence-electron chi connectivity index (χ2n) is 3.22. The number of rotatable bonds is 3. The number of aromatic nitrogens is 1. The van der Waals surface area contributed by atoms with Gasteiger partial charge in [-0.15, -0.1) is 11.3 Å². The molecule has 1 nitrogen and oxygen atoms in total. The lowest BCUT2D eigenvalue weighted by Crippen LogP contribution is -1.88. The number of benzene rings is 1. The Morgan fingerprint density at radius 3 is 2.88 bits per heavy atom. The van der Waals surface area contributed by atoms with Gasteiger partial charge in [0.25, 0.3) is 0 Å². The van der Waals surface area contributed by atoms with Gasteiger partial charge in [-0.05, 0) is 24.0 Å². The van der Waals surface area contributed by atoms with Gasteiger partial charge in [0.2, 0.25) is 0 Å². The minimum atomic E-state index is -0.458. The summed E-state index contributed by atoms with van der Waals surface area (Å²) in [6.45, 7) is 0. The van der Waals surface area contributed by atoms with Gasteiger partial charge in [0.05, 0.1) is 10.7 Å². The van der Waals surface area contributed by atoms with Crippen molar-refractivity contribution >= 4 is 24.0 Å². The lowest BCUT2D eigenvalue weighted by Gasteiger charge is -1.99. The normalized spacial score (nSPS) is 10.7. The fourth-order valence-electron chi connectivity index (χ4n) is 1.34. The van der Waals surface area contributed by atoms with E-state index in [1.807, 2.05) is 0 Å². The summed E-state index contributed by atoms with van der Waals surface area (Å²) in [5.74, 6) is -0.220. The number of aryl methyl sites for hydroxylation is 1. The fraction of sp³-hybridized carbons (Fsp3) is 0.182. The van der Waals surface area contributed by atoms with Crippen molar-refractivity contribution in [2.24, 2.45) is 0 Å². The maximum Gasteiger partial charge on any atom is 0.132 e. The van der Waals surface area contributed by atoms with Crippen molar-refractivity contribution in [1.82, 2.24) is 4.98 Å². The number of thiazole rings is 1. The Balaban J connectivity index is 2.38. The van der Waals surface area contributed by atoms with Crippen LogP contribution in [0.1, 0.15) is 5.01 Å². The summed E-state index contributed by atoms with van der Waals surface area (Å²) in [7, 11) is 0. The summed E-state index contributed by atoms with van der Waals surface area (Å²) >= 11 is 5.53. The number of nitrogens with zero attached hydrogens (tertiary/aromatic N) is 1. The molecule has 2 aromatic rings. The predicted molar refractivity (Wildman–Crippen MR) is 65.0 cm³/mol. The van der Waals surface area contributed by atoms with E-state index in [2.05, 4.69) is 17.6 Å². The summed E-state index contributed by atoms with van der Waals surface area (Å²) in [5.41, 5.74) is 0.695. The number of halogens is 2. The Morgan fingerprint density at radius 2 is 2.12 bits per heavy atom. The molecule has 5 heteroatoms. The first kappa shape index (κ1) is 11.5. The third-order valence-electron chi connectivity index (χ3n) is 2.08. The quantitative estimate of drug-likeness (QED) is 0.830. The van der Waals surface area contributed by atoms with Crippen LogP contribution in [0.15, 0.2) is 23.6 Å². The SMILES string of the molecule is Fc1ccc(F)c(-c2csc(CCS)n2)c1. The second kappa shape index (κ2) is 4.93. The average Bonchev–Trinajstić information content (AvgIpc) is 2.71. The summed E-state index contributed by atoms with van der Waals surface area (Å²) < 4.78 is 26.4. The molecule has 16 heavy (non-hydrogen) atoms. The second-order valence-corrected chi connectivity index (χ2v) is 4.61. The van der Waals surface area contributed by atoms with E-state index < -0.39 is 11.6 Å². The van der Waals surface area contributed by atoms with Crippen LogP contribution in [-0.2, 0) is 6.42 Å². The Bertz CT molecular complexity index is 496. The van der Waals surface area contributed by atoms with Crippen LogP contribution in [0.2, 0.25) is 0 Å². The van der Waals surface area contributed by atoms with Gasteiger partial charge in [-0.2, -0.15) is 12.6 Å². The summed E-state index contributed by atoms with van der Waals surface area (Å²) in [6.07, 6.45) is 0.741. The molecule has 0 unspecified atom stereocenters. The van der Waals surface area contributed by atoms with Gasteiger partial charge in [0, 0.05) is 17.4 Å². The van der Waals surface area contributed by atoms with E-state index in [0.29, 0.717) is 11.4 Å². The standard InChI is InChI=1S/C11H9F2NS2/c12-7-1-2-9(13)8(5-7)10-6-16-11(14-10)3-4-15/h1-2,5-6,15H,3-4H2. The molecule has 2 rings (SSSR count). The van der Waals surface area contributed by atoms with Gasteiger partial charge in [0.1, 0.15) is 11.6 Å². The van der Waals surface area contributed by atoms with Crippen LogP contribution in [-0.4, -0.2) is 10.7 Å². The van der Waals surface area contributed by atoms with E-state index in [9.17, 15) is 8.78 Å². The van der Waals surface area contributed by atoms with E-state index in [1.165, 1.54) is 11.3 Å². The van der Waals surface area contributed by atoms with Crippen molar-refractivity contribution in [3.05, 3.63) is 40.2 Å². The molecule has 0 aliphatic rings. The van der Waals surface area contributed by atoms with Gasteiger partial charge in [-0.25, -0.2) is 13.8 Å². The largest absolute Gasteiger partial charge is 0.241 e. The average molecular weight is 257 g/mol. The van der Waals surface area contributed by atoms with Crippen LogP contribution in [0.5, 0.6) is 0 Å². The Hall–Kier alpha value is -0.940. The van der Waals surface area contributed by atoms with Crippen LogP contribution in [0.4, 0.5) is 8.78 Å². The molecule has 0 spiro atoms. The van der Waals surface area contributed by atoms with Crippen molar-refractivity contribution in [3.8, 4) is 11.3 Å². The molecule has 0 amide bonds. The molecular formula is C11H9F2NS2. The fourth-order valence-corrected chi connectivity index (χ4v) is 2.50. The minimum absolute atomic E-state index is 0.210. The molecule has 0 saturated carbocycles. The molecule has 0 radical (unpaired) electrons. The molecule has 84 valence electrons. The summed E-state index contributed by atoms with van der Waals surface area (Å²) in [5, 5.41) is 2.62. The number of hydrogen-bond donors (Lipinski definition) is 1. The monoisotopic (exact) mass is 257 g/mol. The highest BCUT2D eigenvalue weighted by Gasteiger charge is 2.10. The van der Waals surface area contributed by atoms with Gasteiger partial charge in [-0.3, -0.25) is 0 Å². The molecule has 1 aromatic carbocycles. The summed E-state index contributed by atoms with van der Waals surface area (Å²) in [6, 6.07) is 3.37. The van der Waals surface area contributed by atoms with Crippen LogP contribution in [0.25, 0.3) is 11.3 Å². The zero-order chi connectivity index (χ0) is 11.5. The smallest absolute Gasteiger partial charge is 0.132 e. The van der Waals surface area contributed by atoms with Gasteiger partial charge < -0.3 is 0 Å². The van der Waals surface area contributed by atoms with Crippen LogP contribution >= 0.6 is 24.0 Å². The zero-order valence-electron chi connectivity index (χ0n) is 8.28. The molecule has 0 fully saturated rings. The predicted octanol–water partition coefficient (Wildman–Crippen LogP) is 3.56. The van der Waals surface area contributed by atoms with Crippen molar-refractivity contribution in [1.29, 1.82) is 0 Å². The minimum Gasteiger partial charge on any atom is -0.241 e. The first-order chi connectivity index (χ1) is 7.70. The third-order valence-corrected chi connectivity index (χ3v) is 3.21. The molecular weight excluding hydrogens is 248 g/mol. The van der Waals surface area contributed by atoms with Crippen LogP contribution in [0.3, 0.4) is 0 Å². The topological polar surface area (TPSA) is 12.9 Å². The molecule has 1 aromatic heterocycles. The number of thiol groups is 1. The van der Waals surface area contributed by atoms with E-state index >= 15 is 0 Å². The highest BCUT2D eigenvalue weighted by atomic mass is 32.1. The molecule has 0 saturated heterocycles. The zero-order valence-corrected chi connectivity index (χ0v) is 9.99. The maximum absolute atomic E-state index is 13.4. The molecule has 1 heterocycles. The van der Waals surface area contributed by atoms with Crippen molar-refractivity contribution < 1.29 is 8.78 Å². The molecule has 0 N–H and O–H groups in total. The third kappa shape index (κ3) is 2.41. The van der Waals surface area contributed by atoms with Crippen LogP contribution in [0, 0.1) is 11.6 Å². The van der Waals surface area contributed by atoms with E-state index in [-0.39, 0.29) is 5.56 Å². The first-order valence-electron chi connectivity index (χ1n) is 4.71. The molecule has 0 aliphatic carbocycles. The lowest BCUT2D eigenvalue weighted by molar-refractivity contribution is 0.602. The van der Waals surface area contributed by atoms with Crippen molar-refractivity contribution in [3.63, 3.8) is 0 Å². The Kier molecular flexibility index (Phi) is 3.56. The van der Waals surface area contributed by atoms with E-state index in [0.717, 1.165) is 29.6 Å². The maximum atomic E-state index is 13.4. The first-order valence-corrected chi connectivity index (χ1v) is 6.22. The Morgan fingerprint density at radius 1 is 1.31 bits per heavy atom. The number of hydrogen-bond acceptors (Lipinski definition) is 3. The lowest BCUT2D eigenvalue weighted by atomic mass is 10.1. The van der Waals surface area contributed by atoms with Gasteiger partial charge in [0.15, 0.2) is 0 Å². The van der Waals surface area contributed by atoms with E-state index in [4.69, 9.17) is 0 Å². The molecule has 0 atom stereocenters. The summed E-state index contributed by atoms with van der Waals surface area (Å²) in [4.78, 5) is 4.24. The van der Waals surface area contributed by atoms with Crippen molar-refractivity contribution in [2.75, 3.05) is 5.75 Å². The van der Waals surface area contributed by atoms with Crippen molar-refractivity contribution in [2.45, 2.75) is 6.42 Å². The highest BCUT2D eigenvalue weighted by Crippen LogP contribution is 2.25. The van der Waals surface area contributed by atoms with E-state index in [1.54, 1.807) is 5.38 Å².